The lowest BCUT2D eigenvalue weighted by Crippen LogP contribution is -2.05. The lowest BCUT2D eigenvalue weighted by atomic mass is 10.1. The Labute approximate surface area is 140 Å². The van der Waals surface area contributed by atoms with Gasteiger partial charge in [0.15, 0.2) is 5.70 Å². The molecule has 2 aromatic carbocycles. The molecule has 0 fully saturated rings. The first-order valence-corrected chi connectivity index (χ1v) is 8.03. The molecule has 2 aromatic rings. The van der Waals surface area contributed by atoms with E-state index < -0.39 is 5.97 Å². The van der Waals surface area contributed by atoms with Crippen LogP contribution in [0, 0.1) is 5.82 Å². The van der Waals surface area contributed by atoms with E-state index in [1.54, 1.807) is 12.1 Å². The number of aliphatic imine (C=N–C) groups is 1. The van der Waals surface area contributed by atoms with Gasteiger partial charge in [-0.05, 0) is 54.3 Å². The van der Waals surface area contributed by atoms with E-state index in [9.17, 15) is 9.18 Å². The number of ether oxygens (including phenoxy) is 1. The number of aryl methyl sites for hydroxylation is 1. The Morgan fingerprint density at radius 2 is 1.96 bits per heavy atom. The molecule has 24 heavy (non-hydrogen) atoms. The van der Waals surface area contributed by atoms with E-state index in [0.29, 0.717) is 5.56 Å². The van der Waals surface area contributed by atoms with Gasteiger partial charge in [-0.25, -0.2) is 14.2 Å². The summed E-state index contributed by atoms with van der Waals surface area (Å²) >= 11 is 0. The monoisotopic (exact) mass is 323 g/mol. The van der Waals surface area contributed by atoms with Crippen molar-refractivity contribution in [1.29, 1.82) is 0 Å². The first-order chi connectivity index (χ1) is 11.7. The second-order valence-corrected chi connectivity index (χ2v) is 5.69. The number of unbranched alkanes of at least 4 members (excludes halogenated alkanes) is 1. The van der Waals surface area contributed by atoms with Crippen molar-refractivity contribution in [2.45, 2.75) is 26.2 Å². The molecule has 4 heteroatoms. The molecule has 0 N–H and O–H groups in total. The highest BCUT2D eigenvalue weighted by molar-refractivity contribution is 6.12. The third-order valence-electron chi connectivity index (χ3n) is 3.79. The van der Waals surface area contributed by atoms with Crippen molar-refractivity contribution in [3.05, 3.63) is 76.7 Å². The molecule has 3 nitrogen and oxygen atoms in total. The predicted molar refractivity (Wildman–Crippen MR) is 92.1 cm³/mol. The van der Waals surface area contributed by atoms with E-state index in [2.05, 4.69) is 11.9 Å². The van der Waals surface area contributed by atoms with Gasteiger partial charge in [0.25, 0.3) is 0 Å². The SMILES string of the molecule is CCCCc1ccc(C2=NC(=Cc3cccc(F)c3)C(=O)O2)cc1. The van der Waals surface area contributed by atoms with Crippen LogP contribution < -0.4 is 0 Å². The Morgan fingerprint density at radius 3 is 2.67 bits per heavy atom. The Kier molecular flexibility index (Phi) is 4.85. The molecule has 0 aromatic heterocycles. The highest BCUT2D eigenvalue weighted by Crippen LogP contribution is 2.20. The van der Waals surface area contributed by atoms with Gasteiger partial charge in [0.1, 0.15) is 5.82 Å². The molecule has 1 aliphatic heterocycles. The summed E-state index contributed by atoms with van der Waals surface area (Å²) < 4.78 is 18.5. The number of carbonyl (C=O) groups is 1. The van der Waals surface area contributed by atoms with Crippen molar-refractivity contribution in [3.8, 4) is 0 Å². The minimum atomic E-state index is -0.524. The molecule has 0 radical (unpaired) electrons. The summed E-state index contributed by atoms with van der Waals surface area (Å²) in [6.45, 7) is 2.16. The van der Waals surface area contributed by atoms with Crippen LogP contribution in [-0.2, 0) is 16.0 Å². The molecule has 122 valence electrons. The summed E-state index contributed by atoms with van der Waals surface area (Å²) in [5, 5.41) is 0. The van der Waals surface area contributed by atoms with Crippen LogP contribution in [0.3, 0.4) is 0 Å². The number of benzene rings is 2. The van der Waals surface area contributed by atoms with Gasteiger partial charge in [0, 0.05) is 5.56 Å². The molecule has 1 aliphatic rings. The number of hydrogen-bond acceptors (Lipinski definition) is 3. The zero-order valence-electron chi connectivity index (χ0n) is 13.5. The van der Waals surface area contributed by atoms with E-state index in [0.717, 1.165) is 24.8 Å². The molecule has 0 saturated carbocycles. The minimum absolute atomic E-state index is 0.172. The number of esters is 1. The van der Waals surface area contributed by atoms with Crippen LogP contribution in [0.4, 0.5) is 4.39 Å². The van der Waals surface area contributed by atoms with Crippen molar-refractivity contribution in [3.63, 3.8) is 0 Å². The normalized spacial score (nSPS) is 15.5. The number of carbonyl (C=O) groups excluding carboxylic acids is 1. The van der Waals surface area contributed by atoms with Crippen LogP contribution in [0.15, 0.2) is 59.2 Å². The van der Waals surface area contributed by atoms with E-state index in [1.165, 1.54) is 23.8 Å². The van der Waals surface area contributed by atoms with E-state index in [1.807, 2.05) is 24.3 Å². The van der Waals surface area contributed by atoms with Gasteiger partial charge in [-0.1, -0.05) is 37.6 Å². The first kappa shape index (κ1) is 16.1. The van der Waals surface area contributed by atoms with Gasteiger partial charge in [-0.3, -0.25) is 0 Å². The topological polar surface area (TPSA) is 38.7 Å². The first-order valence-electron chi connectivity index (χ1n) is 8.03. The molecule has 0 bridgehead atoms. The quantitative estimate of drug-likeness (QED) is 0.600. The molecule has 0 saturated heterocycles. The van der Waals surface area contributed by atoms with E-state index >= 15 is 0 Å². The highest BCUT2D eigenvalue weighted by Gasteiger charge is 2.24. The second kappa shape index (κ2) is 7.21. The van der Waals surface area contributed by atoms with Crippen molar-refractivity contribution >= 4 is 17.9 Å². The lowest BCUT2D eigenvalue weighted by molar-refractivity contribution is -0.129. The number of nitrogens with zero attached hydrogens (tertiary/aromatic N) is 1. The van der Waals surface area contributed by atoms with Gasteiger partial charge < -0.3 is 4.74 Å². The fourth-order valence-corrected chi connectivity index (χ4v) is 2.48. The predicted octanol–water partition coefficient (Wildman–Crippen LogP) is 4.51. The molecular formula is C20H18FNO2. The molecule has 3 rings (SSSR count). The maximum absolute atomic E-state index is 13.2. The summed E-state index contributed by atoms with van der Waals surface area (Å²) in [6.07, 6.45) is 4.86. The van der Waals surface area contributed by atoms with Crippen LogP contribution >= 0.6 is 0 Å². The summed E-state index contributed by atoms with van der Waals surface area (Å²) in [6, 6.07) is 13.8. The molecule has 0 atom stereocenters. The molecule has 1 heterocycles. The summed E-state index contributed by atoms with van der Waals surface area (Å²) in [4.78, 5) is 16.2. The lowest BCUT2D eigenvalue weighted by Gasteiger charge is -2.02. The van der Waals surface area contributed by atoms with Crippen molar-refractivity contribution in [2.24, 2.45) is 4.99 Å². The standard InChI is InChI=1S/C20H18FNO2/c1-2-3-5-14-8-10-16(11-9-14)19-22-18(20(23)24-19)13-15-6-4-7-17(21)12-15/h4,6-13H,2-3,5H2,1H3. The molecule has 0 amide bonds. The van der Waals surface area contributed by atoms with Crippen LogP contribution in [-0.4, -0.2) is 11.9 Å². The van der Waals surface area contributed by atoms with Crippen LogP contribution in [0.5, 0.6) is 0 Å². The smallest absolute Gasteiger partial charge is 0.363 e. The summed E-state index contributed by atoms with van der Waals surface area (Å²) in [7, 11) is 0. The number of rotatable bonds is 5. The van der Waals surface area contributed by atoms with E-state index in [4.69, 9.17) is 4.74 Å². The highest BCUT2D eigenvalue weighted by atomic mass is 19.1. The Morgan fingerprint density at radius 1 is 1.17 bits per heavy atom. The zero-order chi connectivity index (χ0) is 16.9. The van der Waals surface area contributed by atoms with Gasteiger partial charge in [-0.15, -0.1) is 0 Å². The Hall–Kier alpha value is -2.75. The van der Waals surface area contributed by atoms with Gasteiger partial charge in [0.05, 0.1) is 0 Å². The molecule has 0 spiro atoms. The van der Waals surface area contributed by atoms with Gasteiger partial charge in [0.2, 0.25) is 5.90 Å². The van der Waals surface area contributed by atoms with Gasteiger partial charge >= 0.3 is 5.97 Å². The minimum Gasteiger partial charge on any atom is -0.402 e. The van der Waals surface area contributed by atoms with Crippen LogP contribution in [0.2, 0.25) is 0 Å². The zero-order valence-corrected chi connectivity index (χ0v) is 13.5. The fourth-order valence-electron chi connectivity index (χ4n) is 2.48. The number of hydrogen-bond donors (Lipinski definition) is 0. The summed E-state index contributed by atoms with van der Waals surface area (Å²) in [5.41, 5.74) is 2.75. The van der Waals surface area contributed by atoms with E-state index in [-0.39, 0.29) is 17.4 Å². The Bertz CT molecular complexity index is 807. The van der Waals surface area contributed by atoms with Gasteiger partial charge in [-0.2, -0.15) is 0 Å². The largest absolute Gasteiger partial charge is 0.402 e. The van der Waals surface area contributed by atoms with Crippen LogP contribution in [0.25, 0.3) is 6.08 Å². The second-order valence-electron chi connectivity index (χ2n) is 5.69. The summed E-state index contributed by atoms with van der Waals surface area (Å²) in [5.74, 6) is -0.600. The number of halogens is 1. The van der Waals surface area contributed by atoms with Crippen molar-refractivity contribution in [2.75, 3.05) is 0 Å². The van der Waals surface area contributed by atoms with Crippen LogP contribution in [0.1, 0.15) is 36.5 Å². The average molecular weight is 323 g/mol. The molecule has 0 aliphatic carbocycles. The maximum Gasteiger partial charge on any atom is 0.363 e. The molecular weight excluding hydrogens is 305 g/mol. The Balaban J connectivity index is 1.81. The fraction of sp³-hybridized carbons (Fsp3) is 0.200. The van der Waals surface area contributed by atoms with Crippen molar-refractivity contribution < 1.29 is 13.9 Å². The maximum atomic E-state index is 13.2. The molecule has 0 unspecified atom stereocenters. The number of cyclic esters (lactones) is 1. The average Bonchev–Trinajstić information content (AvgIpc) is 2.94. The third-order valence-corrected chi connectivity index (χ3v) is 3.79. The third kappa shape index (κ3) is 3.77. The van der Waals surface area contributed by atoms with Crippen molar-refractivity contribution in [1.82, 2.24) is 0 Å².